The van der Waals surface area contributed by atoms with E-state index < -0.39 is 0 Å². The maximum absolute atomic E-state index is 13.0. The molecule has 3 N–H and O–H groups in total. The summed E-state index contributed by atoms with van der Waals surface area (Å²) in [5.74, 6) is -0.185. The summed E-state index contributed by atoms with van der Waals surface area (Å²) in [4.78, 5) is 3.30. The fourth-order valence-corrected chi connectivity index (χ4v) is 2.09. The van der Waals surface area contributed by atoms with Crippen molar-refractivity contribution in [1.29, 1.82) is 0 Å². The minimum absolute atomic E-state index is 0.0859. The number of nitrogens with two attached hydrogens (primary N) is 1. The van der Waals surface area contributed by atoms with Gasteiger partial charge in [-0.2, -0.15) is 0 Å². The molecule has 1 aromatic carbocycles. The van der Waals surface area contributed by atoms with Crippen molar-refractivity contribution in [2.24, 2.45) is 5.73 Å². The van der Waals surface area contributed by atoms with Crippen molar-refractivity contribution in [3.05, 3.63) is 35.8 Å². The number of halogens is 1. The maximum atomic E-state index is 13.0. The molecule has 1 fully saturated rings. The monoisotopic (exact) mass is 218 g/mol. The van der Waals surface area contributed by atoms with Crippen molar-refractivity contribution in [2.45, 2.75) is 31.2 Å². The van der Waals surface area contributed by atoms with Gasteiger partial charge in [-0.05, 0) is 49.9 Å². The molecular formula is C13H15FN2. The first-order valence-electron chi connectivity index (χ1n) is 5.71. The van der Waals surface area contributed by atoms with Gasteiger partial charge in [-0.25, -0.2) is 4.39 Å². The van der Waals surface area contributed by atoms with E-state index in [1.54, 1.807) is 12.1 Å². The molecule has 2 aromatic rings. The molecule has 3 rings (SSSR count). The van der Waals surface area contributed by atoms with Crippen LogP contribution in [0, 0.1) is 5.82 Å². The lowest BCUT2D eigenvalue weighted by Crippen LogP contribution is -2.22. The molecule has 3 heteroatoms. The number of rotatable bonds is 3. The first-order valence-corrected chi connectivity index (χ1v) is 5.71. The third-order valence-electron chi connectivity index (χ3n) is 3.42. The summed E-state index contributed by atoms with van der Waals surface area (Å²) >= 11 is 0. The molecule has 2 nitrogen and oxygen atoms in total. The molecule has 0 radical (unpaired) electrons. The van der Waals surface area contributed by atoms with Crippen LogP contribution in [0.1, 0.15) is 25.0 Å². The summed E-state index contributed by atoms with van der Waals surface area (Å²) in [6.45, 7) is 0. The zero-order valence-electron chi connectivity index (χ0n) is 9.09. The minimum atomic E-state index is -0.185. The number of aromatic nitrogens is 1. The van der Waals surface area contributed by atoms with Gasteiger partial charge in [0.2, 0.25) is 0 Å². The van der Waals surface area contributed by atoms with Crippen LogP contribution < -0.4 is 5.73 Å². The molecule has 1 aliphatic carbocycles. The molecule has 16 heavy (non-hydrogen) atoms. The Morgan fingerprint density at radius 3 is 2.88 bits per heavy atom. The number of aromatic amines is 1. The van der Waals surface area contributed by atoms with E-state index in [2.05, 4.69) is 4.98 Å². The van der Waals surface area contributed by atoms with Crippen LogP contribution in [-0.4, -0.2) is 10.5 Å². The van der Waals surface area contributed by atoms with Gasteiger partial charge in [-0.1, -0.05) is 0 Å². The highest BCUT2D eigenvalue weighted by molar-refractivity contribution is 5.80. The van der Waals surface area contributed by atoms with Crippen molar-refractivity contribution in [2.75, 3.05) is 0 Å². The fraction of sp³-hybridized carbons (Fsp3) is 0.385. The first kappa shape index (κ1) is 9.85. The molecule has 0 spiro atoms. The van der Waals surface area contributed by atoms with Gasteiger partial charge in [0, 0.05) is 22.1 Å². The molecule has 0 bridgehead atoms. The normalized spacial score (nSPS) is 17.9. The lowest BCUT2D eigenvalue weighted by molar-refractivity contribution is 0.605. The van der Waals surface area contributed by atoms with E-state index in [1.807, 2.05) is 6.07 Å². The van der Waals surface area contributed by atoms with Crippen LogP contribution >= 0.6 is 0 Å². The number of benzene rings is 1. The standard InChI is InChI=1S/C13H15FN2/c14-10-1-2-12-9(7-10)8-11(16-12)3-4-13(15)5-6-13/h1-2,7-8,16H,3-6,15H2. The van der Waals surface area contributed by atoms with Crippen molar-refractivity contribution in [3.8, 4) is 0 Å². The highest BCUT2D eigenvalue weighted by Crippen LogP contribution is 2.36. The Morgan fingerprint density at radius 2 is 2.12 bits per heavy atom. The van der Waals surface area contributed by atoms with E-state index in [-0.39, 0.29) is 11.4 Å². The topological polar surface area (TPSA) is 41.8 Å². The number of H-pyrrole nitrogens is 1. The number of nitrogens with one attached hydrogen (secondary N) is 1. The van der Waals surface area contributed by atoms with Gasteiger partial charge in [-0.15, -0.1) is 0 Å². The predicted octanol–water partition coefficient (Wildman–Crippen LogP) is 2.73. The Morgan fingerprint density at radius 1 is 1.31 bits per heavy atom. The van der Waals surface area contributed by atoms with Crippen LogP contribution in [0.4, 0.5) is 4.39 Å². The minimum Gasteiger partial charge on any atom is -0.358 e. The largest absolute Gasteiger partial charge is 0.358 e. The molecule has 1 aliphatic rings. The number of hydrogen-bond acceptors (Lipinski definition) is 1. The molecule has 1 heterocycles. The van der Waals surface area contributed by atoms with Crippen molar-refractivity contribution >= 4 is 10.9 Å². The van der Waals surface area contributed by atoms with E-state index in [9.17, 15) is 4.39 Å². The Kier molecular flexibility index (Phi) is 2.04. The van der Waals surface area contributed by atoms with Gasteiger partial charge < -0.3 is 10.7 Å². The van der Waals surface area contributed by atoms with Crippen LogP contribution in [0.5, 0.6) is 0 Å². The Balaban J connectivity index is 1.82. The third-order valence-corrected chi connectivity index (χ3v) is 3.42. The summed E-state index contributed by atoms with van der Waals surface area (Å²) < 4.78 is 13.0. The molecule has 0 amide bonds. The number of fused-ring (bicyclic) bond motifs is 1. The summed E-state index contributed by atoms with van der Waals surface area (Å²) in [7, 11) is 0. The second-order valence-electron chi connectivity index (χ2n) is 4.89. The average Bonchev–Trinajstić information content (AvgIpc) is 2.85. The van der Waals surface area contributed by atoms with Crippen LogP contribution in [0.15, 0.2) is 24.3 Å². The van der Waals surface area contributed by atoms with Gasteiger partial charge in [0.1, 0.15) is 5.82 Å². The molecular weight excluding hydrogens is 203 g/mol. The van der Waals surface area contributed by atoms with E-state index in [1.165, 1.54) is 6.07 Å². The lowest BCUT2D eigenvalue weighted by atomic mass is 10.1. The molecule has 0 atom stereocenters. The van der Waals surface area contributed by atoms with E-state index in [0.29, 0.717) is 0 Å². The maximum Gasteiger partial charge on any atom is 0.123 e. The van der Waals surface area contributed by atoms with Crippen LogP contribution in [0.2, 0.25) is 0 Å². The van der Waals surface area contributed by atoms with Crippen LogP contribution in [0.25, 0.3) is 10.9 Å². The van der Waals surface area contributed by atoms with Gasteiger partial charge in [0.25, 0.3) is 0 Å². The molecule has 84 valence electrons. The van der Waals surface area contributed by atoms with Crippen molar-refractivity contribution in [1.82, 2.24) is 4.98 Å². The van der Waals surface area contributed by atoms with Gasteiger partial charge >= 0.3 is 0 Å². The Hall–Kier alpha value is -1.35. The summed E-state index contributed by atoms with van der Waals surface area (Å²) in [6.07, 6.45) is 4.25. The lowest BCUT2D eigenvalue weighted by Gasteiger charge is -2.05. The fourth-order valence-electron chi connectivity index (χ4n) is 2.09. The molecule has 0 aliphatic heterocycles. The van der Waals surface area contributed by atoms with Crippen molar-refractivity contribution < 1.29 is 4.39 Å². The van der Waals surface area contributed by atoms with Gasteiger partial charge in [0.05, 0.1) is 0 Å². The van der Waals surface area contributed by atoms with E-state index in [0.717, 1.165) is 42.3 Å². The highest BCUT2D eigenvalue weighted by atomic mass is 19.1. The van der Waals surface area contributed by atoms with Crippen LogP contribution in [-0.2, 0) is 6.42 Å². The Bertz CT molecular complexity index is 526. The molecule has 0 saturated heterocycles. The third kappa shape index (κ3) is 1.83. The molecule has 1 aromatic heterocycles. The van der Waals surface area contributed by atoms with E-state index in [4.69, 9.17) is 5.73 Å². The second-order valence-corrected chi connectivity index (χ2v) is 4.89. The quantitative estimate of drug-likeness (QED) is 0.817. The highest BCUT2D eigenvalue weighted by Gasteiger charge is 2.37. The summed E-state index contributed by atoms with van der Waals surface area (Å²) in [5, 5.41) is 0.942. The summed E-state index contributed by atoms with van der Waals surface area (Å²) in [5.41, 5.74) is 8.27. The number of hydrogen-bond donors (Lipinski definition) is 2. The van der Waals surface area contributed by atoms with Crippen molar-refractivity contribution in [3.63, 3.8) is 0 Å². The predicted molar refractivity (Wildman–Crippen MR) is 62.7 cm³/mol. The average molecular weight is 218 g/mol. The van der Waals surface area contributed by atoms with Gasteiger partial charge in [-0.3, -0.25) is 0 Å². The zero-order chi connectivity index (χ0) is 11.2. The van der Waals surface area contributed by atoms with Crippen LogP contribution in [0.3, 0.4) is 0 Å². The molecule has 0 unspecified atom stereocenters. The van der Waals surface area contributed by atoms with Gasteiger partial charge in [0.15, 0.2) is 0 Å². The molecule has 1 saturated carbocycles. The number of aryl methyl sites for hydroxylation is 1. The smallest absolute Gasteiger partial charge is 0.123 e. The summed E-state index contributed by atoms with van der Waals surface area (Å²) in [6, 6.07) is 6.84. The first-order chi connectivity index (χ1) is 7.65. The zero-order valence-corrected chi connectivity index (χ0v) is 9.09. The Labute approximate surface area is 93.6 Å². The second kappa shape index (κ2) is 3.32. The van der Waals surface area contributed by atoms with E-state index >= 15 is 0 Å². The SMILES string of the molecule is NC1(CCc2cc3cc(F)ccc3[nH]2)CC1.